The Morgan fingerprint density at radius 1 is 1.15 bits per heavy atom. The van der Waals surface area contributed by atoms with Gasteiger partial charge in [-0.05, 0) is 61.2 Å². The number of nitrogens with one attached hydrogen (secondary N) is 1. The summed E-state index contributed by atoms with van der Waals surface area (Å²) in [6, 6.07) is 13.8. The van der Waals surface area contributed by atoms with Crippen LogP contribution in [0.5, 0.6) is 0 Å². The number of piperidine rings is 1. The number of benzene rings is 2. The van der Waals surface area contributed by atoms with Gasteiger partial charge in [-0.1, -0.05) is 30.7 Å². The van der Waals surface area contributed by atoms with Crippen LogP contribution in [0.15, 0.2) is 53.4 Å². The van der Waals surface area contributed by atoms with E-state index < -0.39 is 10.0 Å². The lowest BCUT2D eigenvalue weighted by Gasteiger charge is -2.31. The minimum absolute atomic E-state index is 0.143. The van der Waals surface area contributed by atoms with E-state index in [0.29, 0.717) is 24.4 Å². The Morgan fingerprint density at radius 2 is 1.81 bits per heavy atom. The molecule has 144 valence electrons. The number of carbonyl (C=O) groups is 1. The molecule has 1 saturated heterocycles. The van der Waals surface area contributed by atoms with Gasteiger partial charge in [0.15, 0.2) is 0 Å². The molecule has 2 aromatic rings. The Balaban J connectivity index is 1.69. The highest BCUT2D eigenvalue weighted by Gasteiger charge is 2.33. The van der Waals surface area contributed by atoms with Gasteiger partial charge >= 0.3 is 0 Å². The van der Waals surface area contributed by atoms with Crippen LogP contribution in [0.3, 0.4) is 0 Å². The molecule has 27 heavy (non-hydrogen) atoms. The van der Waals surface area contributed by atoms with Crippen LogP contribution in [0.4, 0.5) is 5.69 Å². The highest BCUT2D eigenvalue weighted by Crippen LogP contribution is 2.25. The van der Waals surface area contributed by atoms with Gasteiger partial charge in [0.1, 0.15) is 0 Å². The van der Waals surface area contributed by atoms with E-state index in [0.717, 1.165) is 12.1 Å². The lowest BCUT2D eigenvalue weighted by atomic mass is 9.98. The van der Waals surface area contributed by atoms with Gasteiger partial charge in [-0.15, -0.1) is 0 Å². The Bertz CT molecular complexity index is 896. The number of anilines is 1. The molecule has 3 rings (SSSR count). The van der Waals surface area contributed by atoms with Gasteiger partial charge in [-0.25, -0.2) is 8.42 Å². The van der Waals surface area contributed by atoms with E-state index in [1.165, 1.54) is 22.0 Å². The molecule has 1 aliphatic heterocycles. The van der Waals surface area contributed by atoms with E-state index in [4.69, 9.17) is 11.6 Å². The minimum Gasteiger partial charge on any atom is -0.326 e. The molecule has 5 nitrogen and oxygen atoms in total. The third kappa shape index (κ3) is 4.69. The molecule has 0 aromatic heterocycles. The minimum atomic E-state index is -3.63. The average molecular weight is 407 g/mol. The Morgan fingerprint density at radius 3 is 2.44 bits per heavy atom. The molecule has 0 radical (unpaired) electrons. The summed E-state index contributed by atoms with van der Waals surface area (Å²) in [7, 11) is -3.63. The van der Waals surface area contributed by atoms with Crippen LogP contribution in [-0.4, -0.2) is 31.7 Å². The van der Waals surface area contributed by atoms with Crippen LogP contribution in [0, 0.1) is 5.92 Å². The lowest BCUT2D eigenvalue weighted by molar-refractivity contribution is -0.120. The van der Waals surface area contributed by atoms with Gasteiger partial charge in [0, 0.05) is 23.8 Å². The molecule has 0 bridgehead atoms. The maximum atomic E-state index is 12.8. The predicted octanol–water partition coefficient (Wildman–Crippen LogP) is 3.94. The van der Waals surface area contributed by atoms with Crippen LogP contribution in [-0.2, 0) is 21.2 Å². The summed E-state index contributed by atoms with van der Waals surface area (Å²) in [5, 5.41) is 3.39. The van der Waals surface area contributed by atoms with Gasteiger partial charge in [0.05, 0.1) is 10.8 Å². The molecule has 0 saturated carbocycles. The summed E-state index contributed by atoms with van der Waals surface area (Å²) in [6.07, 6.45) is 2.26. The van der Waals surface area contributed by atoms with Crippen molar-refractivity contribution in [1.82, 2.24) is 4.31 Å². The molecule has 0 unspecified atom stereocenters. The lowest BCUT2D eigenvalue weighted by Crippen LogP contribution is -2.43. The molecule has 0 spiro atoms. The van der Waals surface area contributed by atoms with Crippen molar-refractivity contribution < 1.29 is 13.2 Å². The summed E-state index contributed by atoms with van der Waals surface area (Å²) in [5.41, 5.74) is 1.93. The molecule has 1 fully saturated rings. The van der Waals surface area contributed by atoms with E-state index in [9.17, 15) is 13.2 Å². The fourth-order valence-corrected chi connectivity index (χ4v) is 4.85. The molecular weight excluding hydrogens is 384 g/mol. The first-order valence-electron chi connectivity index (χ1n) is 9.05. The highest BCUT2D eigenvalue weighted by molar-refractivity contribution is 7.89. The molecule has 1 atom stereocenters. The van der Waals surface area contributed by atoms with Crippen LogP contribution in [0.25, 0.3) is 0 Å². The predicted molar refractivity (Wildman–Crippen MR) is 107 cm³/mol. The Hall–Kier alpha value is -1.89. The zero-order valence-electron chi connectivity index (χ0n) is 15.2. The highest BCUT2D eigenvalue weighted by atomic mass is 35.5. The maximum Gasteiger partial charge on any atom is 0.243 e. The smallest absolute Gasteiger partial charge is 0.243 e. The van der Waals surface area contributed by atoms with Crippen LogP contribution in [0.2, 0.25) is 5.02 Å². The maximum absolute atomic E-state index is 12.8. The summed E-state index contributed by atoms with van der Waals surface area (Å²) >= 11 is 5.85. The number of hydrogen-bond acceptors (Lipinski definition) is 3. The molecule has 1 N–H and O–H groups in total. The first kappa shape index (κ1) is 19.9. The van der Waals surface area contributed by atoms with Gasteiger partial charge in [0.25, 0.3) is 0 Å². The van der Waals surface area contributed by atoms with Crippen molar-refractivity contribution in [2.75, 3.05) is 18.4 Å². The summed E-state index contributed by atoms with van der Waals surface area (Å²) in [6.45, 7) is 2.68. The second-order valence-electron chi connectivity index (χ2n) is 6.70. The largest absolute Gasteiger partial charge is 0.326 e. The third-order valence-corrected chi connectivity index (χ3v) is 6.97. The SMILES string of the molecule is CCc1ccc(NC(=O)[C@H]2CCCN(S(=O)(=O)c3ccc(Cl)cc3)C2)cc1. The van der Waals surface area contributed by atoms with Crippen molar-refractivity contribution in [2.45, 2.75) is 31.1 Å². The summed E-state index contributed by atoms with van der Waals surface area (Å²) < 4.78 is 27.1. The first-order chi connectivity index (χ1) is 12.9. The second kappa shape index (κ2) is 8.42. The normalized spacial score (nSPS) is 18.2. The zero-order valence-corrected chi connectivity index (χ0v) is 16.8. The number of rotatable bonds is 5. The van der Waals surface area contributed by atoms with E-state index in [1.54, 1.807) is 12.1 Å². The van der Waals surface area contributed by atoms with Gasteiger partial charge in [0.2, 0.25) is 15.9 Å². The van der Waals surface area contributed by atoms with Crippen LogP contribution in [0.1, 0.15) is 25.3 Å². The van der Waals surface area contributed by atoms with E-state index in [-0.39, 0.29) is 23.3 Å². The van der Waals surface area contributed by atoms with E-state index in [2.05, 4.69) is 12.2 Å². The van der Waals surface area contributed by atoms with Crippen molar-refractivity contribution in [3.63, 3.8) is 0 Å². The quantitative estimate of drug-likeness (QED) is 0.817. The standard InChI is InChI=1S/C20H23ClN2O3S/c1-2-15-5-9-18(10-6-15)22-20(24)16-4-3-13-23(14-16)27(25,26)19-11-7-17(21)8-12-19/h5-12,16H,2-4,13-14H2,1H3,(H,22,24)/t16-/m0/s1. The van der Waals surface area contributed by atoms with Gasteiger partial charge in [-0.2, -0.15) is 4.31 Å². The first-order valence-corrected chi connectivity index (χ1v) is 10.9. The van der Waals surface area contributed by atoms with E-state index in [1.807, 2.05) is 24.3 Å². The Labute approximate surface area is 165 Å². The van der Waals surface area contributed by atoms with E-state index >= 15 is 0 Å². The number of aryl methyl sites for hydroxylation is 1. The number of amides is 1. The number of sulfonamides is 1. The third-order valence-electron chi connectivity index (χ3n) is 4.84. The summed E-state index contributed by atoms with van der Waals surface area (Å²) in [5.74, 6) is -0.512. The molecule has 1 amide bonds. The zero-order chi connectivity index (χ0) is 19.4. The van der Waals surface area contributed by atoms with Crippen molar-refractivity contribution in [3.05, 3.63) is 59.1 Å². The average Bonchev–Trinajstić information content (AvgIpc) is 2.69. The van der Waals surface area contributed by atoms with Crippen LogP contribution >= 0.6 is 11.6 Å². The molecule has 0 aliphatic carbocycles. The number of halogens is 1. The molecule has 1 heterocycles. The monoisotopic (exact) mass is 406 g/mol. The van der Waals surface area contributed by atoms with Gasteiger partial charge < -0.3 is 5.32 Å². The number of hydrogen-bond donors (Lipinski definition) is 1. The van der Waals surface area contributed by atoms with Crippen molar-refractivity contribution in [3.8, 4) is 0 Å². The van der Waals surface area contributed by atoms with Crippen LogP contribution < -0.4 is 5.32 Å². The van der Waals surface area contributed by atoms with Crippen molar-refractivity contribution in [2.24, 2.45) is 5.92 Å². The second-order valence-corrected chi connectivity index (χ2v) is 9.07. The van der Waals surface area contributed by atoms with Crippen molar-refractivity contribution in [1.29, 1.82) is 0 Å². The fourth-order valence-electron chi connectivity index (χ4n) is 3.20. The molecule has 1 aliphatic rings. The Kier molecular flexibility index (Phi) is 6.19. The number of carbonyl (C=O) groups excluding carboxylic acids is 1. The van der Waals surface area contributed by atoms with Gasteiger partial charge in [-0.3, -0.25) is 4.79 Å². The number of nitrogens with zero attached hydrogens (tertiary/aromatic N) is 1. The molecule has 2 aromatic carbocycles. The van der Waals surface area contributed by atoms with Crippen molar-refractivity contribution >= 4 is 33.2 Å². The molecule has 7 heteroatoms. The summed E-state index contributed by atoms with van der Waals surface area (Å²) in [4.78, 5) is 12.8. The molecular formula is C20H23ClN2O3S. The fraction of sp³-hybridized carbons (Fsp3) is 0.350. The topological polar surface area (TPSA) is 66.5 Å².